The second kappa shape index (κ2) is 5.99. The van der Waals surface area contributed by atoms with Gasteiger partial charge in [0.1, 0.15) is 0 Å². The van der Waals surface area contributed by atoms with E-state index in [4.69, 9.17) is 0 Å². The number of carbonyl (C=O) groups is 1. The Kier molecular flexibility index (Phi) is 4.92. The molecule has 0 bridgehead atoms. The molecule has 1 rings (SSSR count). The summed E-state index contributed by atoms with van der Waals surface area (Å²) in [6.45, 7) is 7.37. The number of nitrogens with one attached hydrogen (secondary N) is 2. The van der Waals surface area contributed by atoms with Gasteiger partial charge in [-0.15, -0.1) is 0 Å². The van der Waals surface area contributed by atoms with Crippen LogP contribution in [-0.4, -0.2) is 18.6 Å². The Bertz CT molecular complexity index is 196. The van der Waals surface area contributed by atoms with E-state index < -0.39 is 0 Å². The number of hydrogen-bond donors (Lipinski definition) is 2. The molecule has 2 atom stereocenters. The predicted octanol–water partition coefficient (Wildman–Crippen LogP) is 2.52. The molecule has 15 heavy (non-hydrogen) atoms. The molecule has 2 unspecified atom stereocenters. The molecular weight excluding hydrogens is 188 g/mol. The maximum atomic E-state index is 11.5. The van der Waals surface area contributed by atoms with Gasteiger partial charge in [0.2, 0.25) is 0 Å². The molecule has 2 amide bonds. The number of carbonyl (C=O) groups excluding carboxylic acids is 1. The molecule has 0 aromatic heterocycles. The number of urea groups is 1. The van der Waals surface area contributed by atoms with Crippen LogP contribution in [0.15, 0.2) is 0 Å². The van der Waals surface area contributed by atoms with Crippen LogP contribution in [0.1, 0.15) is 46.5 Å². The first kappa shape index (κ1) is 12.3. The monoisotopic (exact) mass is 212 g/mol. The summed E-state index contributed by atoms with van der Waals surface area (Å²) < 4.78 is 0. The molecule has 0 spiro atoms. The van der Waals surface area contributed by atoms with E-state index in [-0.39, 0.29) is 6.03 Å². The lowest BCUT2D eigenvalue weighted by atomic mass is 9.80. The summed E-state index contributed by atoms with van der Waals surface area (Å²) in [5.74, 6) is 1.48. The molecule has 0 radical (unpaired) electrons. The lowest BCUT2D eigenvalue weighted by molar-refractivity contribution is 0.213. The molecule has 1 aliphatic rings. The Morgan fingerprint density at radius 1 is 1.20 bits per heavy atom. The normalized spacial score (nSPS) is 31.0. The Labute approximate surface area is 93.0 Å². The van der Waals surface area contributed by atoms with Gasteiger partial charge in [-0.05, 0) is 37.5 Å². The smallest absolute Gasteiger partial charge is 0.315 e. The summed E-state index contributed by atoms with van der Waals surface area (Å²) in [4.78, 5) is 11.5. The van der Waals surface area contributed by atoms with Gasteiger partial charge in [0.15, 0.2) is 0 Å². The Balaban J connectivity index is 2.27. The summed E-state index contributed by atoms with van der Waals surface area (Å²) in [6.07, 6.45) is 4.55. The predicted molar refractivity (Wildman–Crippen MR) is 62.8 cm³/mol. The first-order valence-corrected chi connectivity index (χ1v) is 6.16. The fraction of sp³-hybridized carbons (Fsp3) is 0.917. The average Bonchev–Trinajstić information content (AvgIpc) is 2.13. The molecule has 3 heteroatoms. The van der Waals surface area contributed by atoms with Gasteiger partial charge >= 0.3 is 6.03 Å². The van der Waals surface area contributed by atoms with Crippen LogP contribution in [0.3, 0.4) is 0 Å². The molecule has 0 aliphatic heterocycles. The van der Waals surface area contributed by atoms with Crippen LogP contribution in [0.5, 0.6) is 0 Å². The van der Waals surface area contributed by atoms with Gasteiger partial charge < -0.3 is 10.6 Å². The zero-order valence-electron chi connectivity index (χ0n) is 10.2. The lowest BCUT2D eigenvalue weighted by Crippen LogP contribution is -2.45. The van der Waals surface area contributed by atoms with E-state index in [2.05, 4.69) is 31.4 Å². The van der Waals surface area contributed by atoms with Crippen LogP contribution < -0.4 is 10.6 Å². The summed E-state index contributed by atoms with van der Waals surface area (Å²) >= 11 is 0. The molecule has 0 saturated heterocycles. The van der Waals surface area contributed by atoms with Crippen molar-refractivity contribution in [2.24, 2.45) is 11.8 Å². The van der Waals surface area contributed by atoms with Gasteiger partial charge in [0.05, 0.1) is 0 Å². The van der Waals surface area contributed by atoms with Crippen molar-refractivity contribution in [1.82, 2.24) is 10.6 Å². The minimum absolute atomic E-state index is 0.00292. The molecule has 88 valence electrons. The van der Waals surface area contributed by atoms with Crippen LogP contribution in [-0.2, 0) is 0 Å². The van der Waals surface area contributed by atoms with Gasteiger partial charge in [-0.2, -0.15) is 0 Å². The van der Waals surface area contributed by atoms with Crippen molar-refractivity contribution in [3.05, 3.63) is 0 Å². The molecule has 1 aliphatic carbocycles. The minimum Gasteiger partial charge on any atom is -0.338 e. The Morgan fingerprint density at radius 2 is 1.80 bits per heavy atom. The second-order valence-electron chi connectivity index (χ2n) is 5.01. The molecule has 0 aromatic carbocycles. The fourth-order valence-electron chi connectivity index (χ4n) is 2.54. The third kappa shape index (κ3) is 4.54. The molecule has 1 saturated carbocycles. The third-order valence-electron chi connectivity index (χ3n) is 3.05. The highest BCUT2D eigenvalue weighted by atomic mass is 16.2. The van der Waals surface area contributed by atoms with E-state index in [1.165, 1.54) is 6.42 Å². The van der Waals surface area contributed by atoms with Crippen molar-refractivity contribution in [3.8, 4) is 0 Å². The summed E-state index contributed by atoms with van der Waals surface area (Å²) in [7, 11) is 0. The number of amides is 2. The molecule has 1 fully saturated rings. The fourth-order valence-corrected chi connectivity index (χ4v) is 2.54. The lowest BCUT2D eigenvalue weighted by Gasteiger charge is -2.31. The van der Waals surface area contributed by atoms with Gasteiger partial charge in [0.25, 0.3) is 0 Å². The van der Waals surface area contributed by atoms with Gasteiger partial charge in [-0.3, -0.25) is 0 Å². The van der Waals surface area contributed by atoms with E-state index in [9.17, 15) is 4.79 Å². The molecule has 0 heterocycles. The van der Waals surface area contributed by atoms with Crippen LogP contribution in [0, 0.1) is 11.8 Å². The van der Waals surface area contributed by atoms with Crippen molar-refractivity contribution in [2.75, 3.05) is 6.54 Å². The van der Waals surface area contributed by atoms with Crippen molar-refractivity contribution >= 4 is 6.03 Å². The number of rotatable bonds is 3. The average molecular weight is 212 g/mol. The van der Waals surface area contributed by atoms with Crippen molar-refractivity contribution < 1.29 is 4.79 Å². The summed E-state index contributed by atoms with van der Waals surface area (Å²) in [6, 6.07) is 0.378. The van der Waals surface area contributed by atoms with E-state index in [0.717, 1.165) is 37.6 Å². The van der Waals surface area contributed by atoms with E-state index >= 15 is 0 Å². The van der Waals surface area contributed by atoms with Crippen LogP contribution >= 0.6 is 0 Å². The molecular formula is C12H24N2O. The van der Waals surface area contributed by atoms with E-state index in [1.54, 1.807) is 0 Å². The highest BCUT2D eigenvalue weighted by Gasteiger charge is 2.24. The minimum atomic E-state index is 0.00292. The summed E-state index contributed by atoms with van der Waals surface area (Å²) in [5, 5.41) is 5.92. The van der Waals surface area contributed by atoms with Gasteiger partial charge in [0, 0.05) is 12.6 Å². The van der Waals surface area contributed by atoms with Gasteiger partial charge in [-0.25, -0.2) is 4.79 Å². The van der Waals surface area contributed by atoms with Gasteiger partial charge in [-0.1, -0.05) is 20.8 Å². The van der Waals surface area contributed by atoms with Crippen LogP contribution in [0.2, 0.25) is 0 Å². The maximum absolute atomic E-state index is 11.5. The Morgan fingerprint density at radius 3 is 2.33 bits per heavy atom. The first-order chi connectivity index (χ1) is 7.11. The molecule has 3 nitrogen and oxygen atoms in total. The first-order valence-electron chi connectivity index (χ1n) is 6.16. The van der Waals surface area contributed by atoms with Crippen molar-refractivity contribution in [2.45, 2.75) is 52.5 Å². The second-order valence-corrected chi connectivity index (χ2v) is 5.01. The highest BCUT2D eigenvalue weighted by molar-refractivity contribution is 5.74. The van der Waals surface area contributed by atoms with Crippen LogP contribution in [0.4, 0.5) is 4.79 Å². The molecule has 2 N–H and O–H groups in total. The van der Waals surface area contributed by atoms with E-state index in [1.807, 2.05) is 0 Å². The highest BCUT2D eigenvalue weighted by Crippen LogP contribution is 2.28. The zero-order chi connectivity index (χ0) is 11.3. The van der Waals surface area contributed by atoms with Crippen LogP contribution in [0.25, 0.3) is 0 Å². The van der Waals surface area contributed by atoms with Crippen molar-refractivity contribution in [3.63, 3.8) is 0 Å². The Hall–Kier alpha value is -0.730. The van der Waals surface area contributed by atoms with Crippen molar-refractivity contribution in [1.29, 1.82) is 0 Å². The molecule has 0 aromatic rings. The largest absolute Gasteiger partial charge is 0.338 e. The number of hydrogen-bond acceptors (Lipinski definition) is 1. The third-order valence-corrected chi connectivity index (χ3v) is 3.05. The summed E-state index contributed by atoms with van der Waals surface area (Å²) in [5.41, 5.74) is 0. The SMILES string of the molecule is CCCNC(=O)NC1CC(C)CC(C)C1. The maximum Gasteiger partial charge on any atom is 0.315 e. The quantitative estimate of drug-likeness (QED) is 0.741. The standard InChI is InChI=1S/C12H24N2O/c1-4-5-13-12(15)14-11-7-9(2)6-10(3)8-11/h9-11H,4-8H2,1-3H3,(H2,13,14,15). The van der Waals surface area contributed by atoms with E-state index in [0.29, 0.717) is 6.04 Å². The zero-order valence-corrected chi connectivity index (χ0v) is 10.2. The topological polar surface area (TPSA) is 41.1 Å².